The average molecular weight is 564 g/mol. The summed E-state index contributed by atoms with van der Waals surface area (Å²) in [6.07, 6.45) is 0.640. The standard InChI is InChI=1S/C30H34ClN5O4/c1-3-33-30(40)34-18-26(37)36-19(2)14-15-35(29(39)27(36)22-11-7-12-23(31)16-22)25(28(32)38)17-21-10-6-9-20-8-4-5-13-24(20)21/h4-13,16,19,25,27H,3,14-15,17-18H2,1-2H3,(H2,32,38)(H2,33,34,40)/t19-,25-,27+/m1/s1. The third-order valence-electron chi connectivity index (χ3n) is 7.25. The quantitative estimate of drug-likeness (QED) is 0.388. The number of urea groups is 1. The SMILES string of the molecule is CCNC(=O)NCC(=O)N1[C@H](C)CCN([C@H](Cc2cccc3ccccc23)C(N)=O)C(=O)[C@@H]1c1cccc(Cl)c1. The normalized spacial score (nSPS) is 18.2. The van der Waals surface area contributed by atoms with E-state index in [1.165, 1.54) is 9.80 Å². The Morgan fingerprint density at radius 3 is 2.50 bits per heavy atom. The smallest absolute Gasteiger partial charge is 0.315 e. The van der Waals surface area contributed by atoms with E-state index in [9.17, 15) is 19.2 Å². The molecule has 3 aromatic carbocycles. The highest BCUT2D eigenvalue weighted by Gasteiger charge is 2.43. The molecule has 0 aliphatic carbocycles. The van der Waals surface area contributed by atoms with Crippen molar-refractivity contribution >= 4 is 46.1 Å². The molecule has 3 aromatic rings. The third kappa shape index (κ3) is 6.37. The summed E-state index contributed by atoms with van der Waals surface area (Å²) in [5, 5.41) is 7.55. The second-order valence-electron chi connectivity index (χ2n) is 9.90. The van der Waals surface area contributed by atoms with Gasteiger partial charge in [0, 0.05) is 30.6 Å². The van der Waals surface area contributed by atoms with Crippen LogP contribution in [0, 0.1) is 0 Å². The van der Waals surface area contributed by atoms with Gasteiger partial charge in [-0.05, 0) is 54.3 Å². The summed E-state index contributed by atoms with van der Waals surface area (Å²) in [5.74, 6) is -1.48. The molecule has 1 aliphatic heterocycles. The maximum Gasteiger partial charge on any atom is 0.315 e. The number of amides is 5. The minimum atomic E-state index is -1.06. The van der Waals surface area contributed by atoms with Crippen LogP contribution < -0.4 is 16.4 Å². The predicted molar refractivity (Wildman–Crippen MR) is 155 cm³/mol. The number of carbonyl (C=O) groups is 4. The number of rotatable bonds is 8. The highest BCUT2D eigenvalue weighted by Crippen LogP contribution is 2.33. The van der Waals surface area contributed by atoms with Crippen molar-refractivity contribution < 1.29 is 19.2 Å². The summed E-state index contributed by atoms with van der Waals surface area (Å²) in [6.45, 7) is 3.96. The van der Waals surface area contributed by atoms with Crippen LogP contribution in [-0.4, -0.2) is 65.3 Å². The molecule has 4 N–H and O–H groups in total. The summed E-state index contributed by atoms with van der Waals surface area (Å²) in [6, 6.07) is 17.6. The molecule has 0 bridgehead atoms. The molecule has 4 rings (SSSR count). The molecular weight excluding hydrogens is 530 g/mol. The number of primary amides is 1. The molecule has 40 heavy (non-hydrogen) atoms. The topological polar surface area (TPSA) is 125 Å². The minimum absolute atomic E-state index is 0.225. The molecule has 0 radical (unpaired) electrons. The molecule has 1 fully saturated rings. The van der Waals surface area contributed by atoms with Crippen molar-refractivity contribution in [1.82, 2.24) is 20.4 Å². The largest absolute Gasteiger partial charge is 0.368 e. The zero-order valence-corrected chi connectivity index (χ0v) is 23.4. The Labute approximate surface area is 238 Å². The van der Waals surface area contributed by atoms with Gasteiger partial charge < -0.3 is 26.2 Å². The lowest BCUT2D eigenvalue weighted by Gasteiger charge is -2.36. The first-order valence-corrected chi connectivity index (χ1v) is 13.7. The molecular formula is C30H34ClN5O4. The lowest BCUT2D eigenvalue weighted by molar-refractivity contribution is -0.148. The van der Waals surface area contributed by atoms with Crippen molar-refractivity contribution in [1.29, 1.82) is 0 Å². The van der Waals surface area contributed by atoms with E-state index < -0.39 is 35.8 Å². The maximum absolute atomic E-state index is 14.3. The van der Waals surface area contributed by atoms with Gasteiger partial charge in [0.15, 0.2) is 0 Å². The first-order valence-electron chi connectivity index (χ1n) is 13.4. The highest BCUT2D eigenvalue weighted by atomic mass is 35.5. The van der Waals surface area contributed by atoms with Crippen LogP contribution in [0.1, 0.15) is 37.4 Å². The van der Waals surface area contributed by atoms with Crippen molar-refractivity contribution in [2.45, 2.75) is 44.8 Å². The number of fused-ring (bicyclic) bond motifs is 1. The summed E-state index contributed by atoms with van der Waals surface area (Å²) in [7, 11) is 0. The van der Waals surface area contributed by atoms with Crippen LogP contribution >= 0.6 is 11.6 Å². The Morgan fingerprint density at radius 2 is 1.77 bits per heavy atom. The zero-order chi connectivity index (χ0) is 28.8. The molecule has 0 saturated carbocycles. The molecule has 0 spiro atoms. The summed E-state index contributed by atoms with van der Waals surface area (Å²) in [5.41, 5.74) is 7.33. The van der Waals surface area contributed by atoms with E-state index in [1.54, 1.807) is 31.2 Å². The Balaban J connectivity index is 1.72. The monoisotopic (exact) mass is 563 g/mol. The fourth-order valence-corrected chi connectivity index (χ4v) is 5.50. The van der Waals surface area contributed by atoms with Crippen molar-refractivity contribution in [3.05, 3.63) is 82.9 Å². The van der Waals surface area contributed by atoms with E-state index in [1.807, 2.05) is 49.4 Å². The van der Waals surface area contributed by atoms with E-state index in [0.717, 1.165) is 16.3 Å². The van der Waals surface area contributed by atoms with Crippen LogP contribution in [0.15, 0.2) is 66.7 Å². The number of nitrogens with zero attached hydrogens (tertiary/aromatic N) is 2. The van der Waals surface area contributed by atoms with E-state index >= 15 is 0 Å². The van der Waals surface area contributed by atoms with Gasteiger partial charge in [-0.1, -0.05) is 66.2 Å². The fourth-order valence-electron chi connectivity index (χ4n) is 5.30. The molecule has 1 aliphatic rings. The predicted octanol–water partition coefficient (Wildman–Crippen LogP) is 3.40. The van der Waals surface area contributed by atoms with Gasteiger partial charge in [0.05, 0.1) is 6.54 Å². The Bertz CT molecular complexity index is 1410. The minimum Gasteiger partial charge on any atom is -0.368 e. The number of nitrogens with two attached hydrogens (primary N) is 1. The molecule has 1 heterocycles. The van der Waals surface area contributed by atoms with Crippen molar-refractivity contribution in [2.24, 2.45) is 5.73 Å². The molecule has 3 atom stereocenters. The zero-order valence-electron chi connectivity index (χ0n) is 22.6. The fraction of sp³-hybridized carbons (Fsp3) is 0.333. The molecule has 10 heteroatoms. The maximum atomic E-state index is 14.3. The van der Waals surface area contributed by atoms with Gasteiger partial charge in [-0.15, -0.1) is 0 Å². The van der Waals surface area contributed by atoms with Crippen LogP contribution in [-0.2, 0) is 20.8 Å². The second-order valence-corrected chi connectivity index (χ2v) is 10.3. The number of benzene rings is 3. The van der Waals surface area contributed by atoms with Gasteiger partial charge in [0.1, 0.15) is 12.1 Å². The Morgan fingerprint density at radius 1 is 1.05 bits per heavy atom. The number of nitrogens with one attached hydrogen (secondary N) is 2. The molecule has 1 saturated heterocycles. The molecule has 210 valence electrons. The van der Waals surface area contributed by atoms with Crippen LogP contribution in [0.4, 0.5) is 4.79 Å². The molecule has 0 unspecified atom stereocenters. The van der Waals surface area contributed by atoms with E-state index in [0.29, 0.717) is 23.6 Å². The van der Waals surface area contributed by atoms with E-state index in [-0.39, 0.29) is 25.6 Å². The lowest BCUT2D eigenvalue weighted by atomic mass is 9.96. The van der Waals surface area contributed by atoms with Gasteiger partial charge in [0.2, 0.25) is 11.8 Å². The number of hydrogen-bond donors (Lipinski definition) is 3. The number of hydrogen-bond acceptors (Lipinski definition) is 4. The highest BCUT2D eigenvalue weighted by molar-refractivity contribution is 6.30. The molecule has 0 aromatic heterocycles. The van der Waals surface area contributed by atoms with Gasteiger partial charge in [-0.3, -0.25) is 14.4 Å². The van der Waals surface area contributed by atoms with Crippen LogP contribution in [0.5, 0.6) is 0 Å². The average Bonchev–Trinajstić information content (AvgIpc) is 3.06. The summed E-state index contributed by atoms with van der Waals surface area (Å²) in [4.78, 5) is 55.7. The van der Waals surface area contributed by atoms with Gasteiger partial charge >= 0.3 is 6.03 Å². The number of halogens is 1. The van der Waals surface area contributed by atoms with Crippen LogP contribution in [0.2, 0.25) is 5.02 Å². The lowest BCUT2D eigenvalue weighted by Crippen LogP contribution is -2.53. The van der Waals surface area contributed by atoms with Crippen LogP contribution in [0.25, 0.3) is 10.8 Å². The third-order valence-corrected chi connectivity index (χ3v) is 7.48. The number of carbonyl (C=O) groups excluding carboxylic acids is 4. The van der Waals surface area contributed by atoms with Crippen molar-refractivity contribution in [2.75, 3.05) is 19.6 Å². The van der Waals surface area contributed by atoms with Gasteiger partial charge in [0.25, 0.3) is 5.91 Å². The van der Waals surface area contributed by atoms with E-state index in [4.69, 9.17) is 17.3 Å². The first kappa shape index (κ1) is 28.9. The van der Waals surface area contributed by atoms with Crippen LogP contribution in [0.3, 0.4) is 0 Å². The molecule has 9 nitrogen and oxygen atoms in total. The summed E-state index contributed by atoms with van der Waals surface area (Å²) >= 11 is 6.30. The Hall–Kier alpha value is -4.11. The first-order chi connectivity index (χ1) is 19.2. The molecule has 5 amide bonds. The van der Waals surface area contributed by atoms with Crippen molar-refractivity contribution in [3.63, 3.8) is 0 Å². The summed E-state index contributed by atoms with van der Waals surface area (Å²) < 4.78 is 0. The van der Waals surface area contributed by atoms with Crippen molar-refractivity contribution in [3.8, 4) is 0 Å². The van der Waals surface area contributed by atoms with Gasteiger partial charge in [-0.2, -0.15) is 0 Å². The van der Waals surface area contributed by atoms with E-state index in [2.05, 4.69) is 10.6 Å². The van der Waals surface area contributed by atoms with Gasteiger partial charge in [-0.25, -0.2) is 4.79 Å². The second kappa shape index (κ2) is 12.8. The Kier molecular flexibility index (Phi) is 9.26.